The lowest BCUT2D eigenvalue weighted by Gasteiger charge is -2.04. The number of pyridine rings is 3. The highest BCUT2D eigenvalue weighted by Crippen LogP contribution is 2.20. The topological polar surface area (TPSA) is 64.7 Å². The third-order valence-corrected chi connectivity index (χ3v) is 3.26. The summed E-state index contributed by atoms with van der Waals surface area (Å²) in [7, 11) is 0. The van der Waals surface area contributed by atoms with Crippen LogP contribution in [0.25, 0.3) is 22.3 Å². The molecule has 0 spiro atoms. The van der Waals surface area contributed by atoms with Gasteiger partial charge in [0.15, 0.2) is 0 Å². The highest BCUT2D eigenvalue weighted by Gasteiger charge is 2.04. The van der Waals surface area contributed by atoms with Crippen LogP contribution in [0.2, 0.25) is 0 Å². The lowest BCUT2D eigenvalue weighted by atomic mass is 10.2. The number of nitrogens with zero attached hydrogens (tertiary/aromatic N) is 3. The summed E-state index contributed by atoms with van der Waals surface area (Å²) in [5, 5.41) is 0.996. The van der Waals surface area contributed by atoms with Crippen LogP contribution in [-0.2, 0) is 6.54 Å². The molecule has 5 heteroatoms. The van der Waals surface area contributed by atoms with Crippen molar-refractivity contribution in [2.75, 3.05) is 0 Å². The van der Waals surface area contributed by atoms with Crippen LogP contribution in [0.5, 0.6) is 0 Å². The molecule has 3 aromatic rings. The second-order valence-corrected chi connectivity index (χ2v) is 4.93. The molecule has 3 aromatic heterocycles. The summed E-state index contributed by atoms with van der Waals surface area (Å²) in [5.74, 6) is 0. The van der Waals surface area contributed by atoms with Gasteiger partial charge < -0.3 is 5.73 Å². The zero-order valence-corrected chi connectivity index (χ0v) is 11.6. The molecule has 0 fully saturated rings. The highest BCUT2D eigenvalue weighted by molar-refractivity contribution is 9.10. The quantitative estimate of drug-likeness (QED) is 0.739. The van der Waals surface area contributed by atoms with Gasteiger partial charge in [-0.1, -0.05) is 6.07 Å². The fourth-order valence-electron chi connectivity index (χ4n) is 1.86. The molecule has 0 aliphatic carbocycles. The van der Waals surface area contributed by atoms with Crippen molar-refractivity contribution < 1.29 is 0 Å². The molecular formula is C14H11BrN4. The van der Waals surface area contributed by atoms with E-state index in [9.17, 15) is 0 Å². The second kappa shape index (κ2) is 5.03. The Labute approximate surface area is 118 Å². The Morgan fingerprint density at radius 1 is 1.05 bits per heavy atom. The van der Waals surface area contributed by atoms with E-state index in [2.05, 4.69) is 30.9 Å². The van der Waals surface area contributed by atoms with Gasteiger partial charge in [-0.3, -0.25) is 4.98 Å². The Morgan fingerprint density at radius 3 is 2.68 bits per heavy atom. The predicted octanol–water partition coefficient (Wildman–Crippen LogP) is 2.91. The number of halogens is 1. The van der Waals surface area contributed by atoms with Gasteiger partial charge in [0.2, 0.25) is 0 Å². The van der Waals surface area contributed by atoms with E-state index in [-0.39, 0.29) is 0 Å². The summed E-state index contributed by atoms with van der Waals surface area (Å²) < 4.78 is 0.796. The summed E-state index contributed by atoms with van der Waals surface area (Å²) in [6.45, 7) is 0.414. The van der Waals surface area contributed by atoms with E-state index in [0.717, 1.165) is 32.6 Å². The molecule has 0 aromatic carbocycles. The minimum absolute atomic E-state index is 0.414. The zero-order valence-electron chi connectivity index (χ0n) is 10.0. The predicted molar refractivity (Wildman–Crippen MR) is 78.4 cm³/mol. The van der Waals surface area contributed by atoms with Crippen LogP contribution >= 0.6 is 15.9 Å². The molecule has 0 bridgehead atoms. The third-order valence-electron chi connectivity index (χ3n) is 2.82. The highest BCUT2D eigenvalue weighted by atomic mass is 79.9. The maximum Gasteiger partial charge on any atom is 0.106 e. The second-order valence-electron chi connectivity index (χ2n) is 4.11. The average molecular weight is 315 g/mol. The summed E-state index contributed by atoms with van der Waals surface area (Å²) in [4.78, 5) is 13.3. The summed E-state index contributed by atoms with van der Waals surface area (Å²) in [6, 6.07) is 11.6. The van der Waals surface area contributed by atoms with Crippen LogP contribution in [-0.4, -0.2) is 15.0 Å². The van der Waals surface area contributed by atoms with Crippen LogP contribution < -0.4 is 5.73 Å². The van der Waals surface area contributed by atoms with Crippen LogP contribution in [0.3, 0.4) is 0 Å². The van der Waals surface area contributed by atoms with Gasteiger partial charge in [-0.15, -0.1) is 0 Å². The number of nitrogens with two attached hydrogens (primary N) is 1. The maximum absolute atomic E-state index is 5.60. The van der Waals surface area contributed by atoms with Gasteiger partial charge in [-0.05, 0) is 46.3 Å². The van der Waals surface area contributed by atoms with Crippen LogP contribution in [0, 0.1) is 0 Å². The first kappa shape index (κ1) is 12.2. The standard InChI is InChI=1S/C14H11BrN4/c15-14-3-1-2-11(19-14)12-5-4-9-8-17-10(7-16)6-13(9)18-12/h1-6,8H,7,16H2. The molecule has 19 heavy (non-hydrogen) atoms. The van der Waals surface area contributed by atoms with E-state index in [0.29, 0.717) is 6.54 Å². The van der Waals surface area contributed by atoms with E-state index < -0.39 is 0 Å². The normalized spacial score (nSPS) is 10.8. The van der Waals surface area contributed by atoms with Gasteiger partial charge in [0.1, 0.15) is 4.60 Å². The molecule has 0 amide bonds. The number of hydrogen-bond donors (Lipinski definition) is 1. The minimum Gasteiger partial charge on any atom is -0.325 e. The number of aromatic nitrogens is 3. The van der Waals surface area contributed by atoms with Crippen LogP contribution in [0.4, 0.5) is 0 Å². The molecule has 0 aliphatic rings. The molecule has 0 saturated heterocycles. The van der Waals surface area contributed by atoms with Crippen LogP contribution in [0.15, 0.2) is 47.2 Å². The molecule has 3 rings (SSSR count). The first-order valence-corrected chi connectivity index (χ1v) is 6.64. The molecule has 94 valence electrons. The van der Waals surface area contributed by atoms with Crippen molar-refractivity contribution >= 4 is 26.8 Å². The van der Waals surface area contributed by atoms with Gasteiger partial charge in [0.05, 0.1) is 22.6 Å². The van der Waals surface area contributed by atoms with E-state index in [1.54, 1.807) is 6.20 Å². The van der Waals surface area contributed by atoms with E-state index in [4.69, 9.17) is 5.73 Å². The summed E-state index contributed by atoms with van der Waals surface area (Å²) in [5.41, 5.74) is 8.99. The fraction of sp³-hybridized carbons (Fsp3) is 0.0714. The van der Waals surface area contributed by atoms with Gasteiger partial charge in [-0.25, -0.2) is 9.97 Å². The fourth-order valence-corrected chi connectivity index (χ4v) is 2.21. The molecular weight excluding hydrogens is 304 g/mol. The lowest BCUT2D eigenvalue weighted by Crippen LogP contribution is -1.99. The van der Waals surface area contributed by atoms with Gasteiger partial charge in [-0.2, -0.15) is 0 Å². The van der Waals surface area contributed by atoms with Crippen molar-refractivity contribution in [2.24, 2.45) is 5.73 Å². The molecule has 0 saturated carbocycles. The number of hydrogen-bond acceptors (Lipinski definition) is 4. The Bertz CT molecular complexity index is 742. The first-order chi connectivity index (χ1) is 9.26. The van der Waals surface area contributed by atoms with Crippen molar-refractivity contribution in [2.45, 2.75) is 6.54 Å². The Kier molecular flexibility index (Phi) is 3.23. The summed E-state index contributed by atoms with van der Waals surface area (Å²) >= 11 is 3.37. The van der Waals surface area contributed by atoms with Crippen molar-refractivity contribution in [3.8, 4) is 11.4 Å². The maximum atomic E-state index is 5.60. The Balaban J connectivity index is 2.15. The molecule has 0 unspecified atom stereocenters. The molecule has 3 heterocycles. The van der Waals surface area contributed by atoms with Crippen molar-refractivity contribution in [3.05, 3.63) is 52.9 Å². The summed E-state index contributed by atoms with van der Waals surface area (Å²) in [6.07, 6.45) is 1.79. The van der Waals surface area contributed by atoms with Crippen molar-refractivity contribution in [3.63, 3.8) is 0 Å². The lowest BCUT2D eigenvalue weighted by molar-refractivity contribution is 0.996. The van der Waals surface area contributed by atoms with Crippen molar-refractivity contribution in [1.29, 1.82) is 0 Å². The molecule has 0 radical (unpaired) electrons. The molecule has 2 N–H and O–H groups in total. The average Bonchev–Trinajstić information content (AvgIpc) is 2.46. The first-order valence-electron chi connectivity index (χ1n) is 5.85. The number of fused-ring (bicyclic) bond motifs is 1. The monoisotopic (exact) mass is 314 g/mol. The molecule has 0 aliphatic heterocycles. The zero-order chi connectivity index (χ0) is 13.2. The molecule has 4 nitrogen and oxygen atoms in total. The SMILES string of the molecule is NCc1cc2nc(-c3cccc(Br)n3)ccc2cn1. The third kappa shape index (κ3) is 2.47. The van der Waals surface area contributed by atoms with Gasteiger partial charge in [0.25, 0.3) is 0 Å². The number of rotatable bonds is 2. The van der Waals surface area contributed by atoms with E-state index in [1.807, 2.05) is 36.4 Å². The van der Waals surface area contributed by atoms with Gasteiger partial charge >= 0.3 is 0 Å². The molecule has 0 atom stereocenters. The van der Waals surface area contributed by atoms with E-state index in [1.165, 1.54) is 0 Å². The van der Waals surface area contributed by atoms with Crippen molar-refractivity contribution in [1.82, 2.24) is 15.0 Å². The smallest absolute Gasteiger partial charge is 0.106 e. The Hall–Kier alpha value is -1.85. The largest absolute Gasteiger partial charge is 0.325 e. The van der Waals surface area contributed by atoms with Gasteiger partial charge in [0, 0.05) is 18.1 Å². The Morgan fingerprint density at radius 2 is 1.89 bits per heavy atom. The van der Waals surface area contributed by atoms with E-state index >= 15 is 0 Å². The van der Waals surface area contributed by atoms with Crippen LogP contribution in [0.1, 0.15) is 5.69 Å². The minimum atomic E-state index is 0.414.